The Morgan fingerprint density at radius 1 is 0.348 bits per heavy atom. The highest BCUT2D eigenvalue weighted by Gasteiger charge is 2.14. The molecule has 0 N–H and O–H groups in total. The molecular weight excluding hydrogens is 586 g/mol. The molecule has 0 spiro atoms. The number of allylic oxidation sites excluding steroid dienone is 4. The van der Waals surface area contributed by atoms with E-state index in [1.165, 1.54) is 180 Å². The Kier molecular flexibility index (Phi) is 42.4. The number of likely N-dealkylation sites (N-methyl/N-ethyl adjacent to an activating group) is 1. The van der Waals surface area contributed by atoms with E-state index in [4.69, 9.17) is 9.47 Å². The lowest BCUT2D eigenvalue weighted by molar-refractivity contribution is -0.891. The van der Waals surface area contributed by atoms with Gasteiger partial charge in [0.2, 0.25) is 0 Å². The number of rotatable bonds is 38. The molecule has 3 nitrogen and oxygen atoms in total. The van der Waals surface area contributed by atoms with Gasteiger partial charge in [0.15, 0.2) is 0 Å². The molecule has 0 saturated carbocycles. The van der Waals surface area contributed by atoms with Gasteiger partial charge < -0.3 is 26.4 Å². The maximum Gasteiger partial charge on any atom is 0.102 e. The number of quaternary nitrogens is 1. The van der Waals surface area contributed by atoms with Crippen molar-refractivity contribution in [3.63, 3.8) is 0 Å². The van der Waals surface area contributed by atoms with E-state index in [2.05, 4.69) is 52.2 Å². The Labute approximate surface area is 297 Å². The molecule has 4 heteroatoms. The zero-order valence-corrected chi connectivity index (χ0v) is 32.7. The maximum absolute atomic E-state index is 5.96. The molecule has 0 aliphatic heterocycles. The molecule has 0 bridgehead atoms. The van der Waals surface area contributed by atoms with Crippen LogP contribution in [0.2, 0.25) is 0 Å². The van der Waals surface area contributed by atoms with Gasteiger partial charge in [-0.3, -0.25) is 0 Å². The second-order valence-electron chi connectivity index (χ2n) is 14.5. The van der Waals surface area contributed by atoms with E-state index >= 15 is 0 Å². The number of unbranched alkanes of at least 4 members (excludes halogenated alkanes) is 24. The molecule has 0 aromatic heterocycles. The third-order valence-electron chi connectivity index (χ3n) is 9.28. The minimum atomic E-state index is 0. The Hall–Kier alpha value is -0.350. The average Bonchev–Trinajstić information content (AvgIpc) is 3.03. The molecule has 0 saturated heterocycles. The summed E-state index contributed by atoms with van der Waals surface area (Å²) in [4.78, 5) is 0. The van der Waals surface area contributed by atoms with Crippen LogP contribution < -0.4 is 12.4 Å². The number of nitrogens with zero attached hydrogens (tertiary/aromatic N) is 1. The smallest absolute Gasteiger partial charge is 0.102 e. The second kappa shape index (κ2) is 40.8. The van der Waals surface area contributed by atoms with E-state index in [0.717, 1.165) is 44.0 Å². The minimum absolute atomic E-state index is 0. The second-order valence-corrected chi connectivity index (χ2v) is 14.5. The van der Waals surface area contributed by atoms with E-state index in [-0.39, 0.29) is 12.4 Å². The van der Waals surface area contributed by atoms with Crippen LogP contribution in [0.1, 0.15) is 194 Å². The van der Waals surface area contributed by atoms with Crippen LogP contribution in [0.5, 0.6) is 0 Å². The van der Waals surface area contributed by atoms with Crippen molar-refractivity contribution < 1.29 is 26.4 Å². The highest BCUT2D eigenvalue weighted by Crippen LogP contribution is 2.12. The van der Waals surface area contributed by atoms with Gasteiger partial charge in [0, 0.05) is 13.2 Å². The van der Waals surface area contributed by atoms with Crippen molar-refractivity contribution in [1.82, 2.24) is 0 Å². The van der Waals surface area contributed by atoms with Crippen molar-refractivity contribution in [3.05, 3.63) is 24.3 Å². The molecule has 0 aromatic rings. The third-order valence-corrected chi connectivity index (χ3v) is 9.28. The zero-order chi connectivity index (χ0) is 32.8. The van der Waals surface area contributed by atoms with Gasteiger partial charge in [0.05, 0.1) is 27.3 Å². The molecule has 0 rings (SSSR count). The molecule has 0 radical (unpaired) electrons. The molecule has 0 aliphatic rings. The van der Waals surface area contributed by atoms with Crippen molar-refractivity contribution in [3.8, 4) is 0 Å². The molecule has 0 aromatic carbocycles. The first-order valence-corrected chi connectivity index (χ1v) is 20.4. The summed E-state index contributed by atoms with van der Waals surface area (Å²) in [7, 11) is 4.61. The van der Waals surface area contributed by atoms with Crippen LogP contribution in [0.3, 0.4) is 0 Å². The summed E-state index contributed by atoms with van der Waals surface area (Å²) in [5, 5.41) is 0. The number of hydrogen-bond donors (Lipinski definition) is 0. The van der Waals surface area contributed by atoms with Crippen LogP contribution in [-0.4, -0.2) is 58.1 Å². The fourth-order valence-corrected chi connectivity index (χ4v) is 5.84. The molecule has 0 fully saturated rings. The van der Waals surface area contributed by atoms with Gasteiger partial charge in [-0.05, 0) is 64.2 Å². The molecule has 0 heterocycles. The first-order valence-electron chi connectivity index (χ1n) is 20.4. The summed E-state index contributed by atoms with van der Waals surface area (Å²) < 4.78 is 12.9. The summed E-state index contributed by atoms with van der Waals surface area (Å²) in [6.07, 6.45) is 47.7. The van der Waals surface area contributed by atoms with Gasteiger partial charge >= 0.3 is 0 Å². The topological polar surface area (TPSA) is 18.5 Å². The summed E-state index contributed by atoms with van der Waals surface area (Å²) >= 11 is 0. The molecule has 0 unspecified atom stereocenters. The van der Waals surface area contributed by atoms with Crippen LogP contribution in [0.25, 0.3) is 0 Å². The molecule has 0 atom stereocenters. The Bertz CT molecular complexity index is 556. The van der Waals surface area contributed by atoms with Crippen LogP contribution in [-0.2, 0) is 9.47 Å². The van der Waals surface area contributed by atoms with E-state index in [0.29, 0.717) is 0 Å². The Morgan fingerprint density at radius 2 is 0.609 bits per heavy atom. The zero-order valence-electron chi connectivity index (χ0n) is 32.0. The van der Waals surface area contributed by atoms with Gasteiger partial charge in [0.25, 0.3) is 0 Å². The van der Waals surface area contributed by atoms with Crippen molar-refractivity contribution in [2.24, 2.45) is 0 Å². The quantitative estimate of drug-likeness (QED) is 0.0370. The van der Waals surface area contributed by atoms with Gasteiger partial charge in [-0.1, -0.05) is 154 Å². The first-order chi connectivity index (χ1) is 22.1. The lowest BCUT2D eigenvalue weighted by atomic mass is 10.1. The van der Waals surface area contributed by atoms with E-state index in [1.807, 2.05) is 0 Å². The SMILES string of the molecule is CCCCCCCCC=CCCCCCCCCOCC[N+](C)(C)CCOCCCCCCCCC=CCCCCCCCC.[Cl-]. The molecular formula is C42H84ClNO2. The highest BCUT2D eigenvalue weighted by molar-refractivity contribution is 4.82. The lowest BCUT2D eigenvalue weighted by Crippen LogP contribution is -3.00. The van der Waals surface area contributed by atoms with Gasteiger partial charge in [-0.15, -0.1) is 0 Å². The average molecular weight is 671 g/mol. The van der Waals surface area contributed by atoms with E-state index in [1.54, 1.807) is 0 Å². The highest BCUT2D eigenvalue weighted by atomic mass is 35.5. The Morgan fingerprint density at radius 3 is 0.913 bits per heavy atom. The summed E-state index contributed by atoms with van der Waals surface area (Å²) in [5.74, 6) is 0. The van der Waals surface area contributed by atoms with Crippen LogP contribution in [0, 0.1) is 0 Å². The van der Waals surface area contributed by atoms with Gasteiger partial charge in [-0.2, -0.15) is 0 Å². The predicted molar refractivity (Wildman–Crippen MR) is 202 cm³/mol. The van der Waals surface area contributed by atoms with Gasteiger partial charge in [0.1, 0.15) is 13.1 Å². The maximum atomic E-state index is 5.96. The van der Waals surface area contributed by atoms with Crippen molar-refractivity contribution in [2.45, 2.75) is 194 Å². The number of hydrogen-bond acceptors (Lipinski definition) is 2. The van der Waals surface area contributed by atoms with E-state index < -0.39 is 0 Å². The monoisotopic (exact) mass is 670 g/mol. The fourth-order valence-electron chi connectivity index (χ4n) is 5.84. The van der Waals surface area contributed by atoms with Crippen molar-refractivity contribution in [1.29, 1.82) is 0 Å². The predicted octanol–water partition coefficient (Wildman–Crippen LogP) is 10.2. The number of ether oxygens (including phenoxy) is 2. The van der Waals surface area contributed by atoms with Crippen LogP contribution in [0.15, 0.2) is 24.3 Å². The van der Waals surface area contributed by atoms with Gasteiger partial charge in [-0.25, -0.2) is 0 Å². The third kappa shape index (κ3) is 41.7. The van der Waals surface area contributed by atoms with Crippen molar-refractivity contribution >= 4 is 0 Å². The van der Waals surface area contributed by atoms with E-state index in [9.17, 15) is 0 Å². The molecule has 0 amide bonds. The number of halogens is 1. The minimum Gasteiger partial charge on any atom is -1.00 e. The summed E-state index contributed by atoms with van der Waals surface area (Å²) in [6, 6.07) is 0. The Balaban J connectivity index is 0. The van der Waals surface area contributed by atoms with Crippen molar-refractivity contribution in [2.75, 3.05) is 53.6 Å². The van der Waals surface area contributed by atoms with Crippen LogP contribution in [0.4, 0.5) is 0 Å². The fraction of sp³-hybridized carbons (Fsp3) is 0.905. The molecule has 46 heavy (non-hydrogen) atoms. The summed E-state index contributed by atoms with van der Waals surface area (Å²) in [6.45, 7) is 10.3. The largest absolute Gasteiger partial charge is 1.00 e. The lowest BCUT2D eigenvalue weighted by Gasteiger charge is -2.29. The normalized spacial score (nSPS) is 12.1. The van der Waals surface area contributed by atoms with Crippen LogP contribution >= 0.6 is 0 Å². The molecule has 0 aliphatic carbocycles. The first kappa shape index (κ1) is 47.8. The summed E-state index contributed by atoms with van der Waals surface area (Å²) in [5.41, 5.74) is 0. The molecule has 276 valence electrons. The standard InChI is InChI=1S/C42H84NO2.ClH/c1-5-7-9-11-13-15-17-19-21-23-25-27-29-31-33-35-39-44-41-37-43(3,4)38-42-45-40-36-34-32-30-28-26-24-22-20-18-16-14-12-10-8-6-2;/h19-22H,5-18,23-42H2,1-4H3;1H/q+1;/p-1.